The van der Waals surface area contributed by atoms with E-state index in [1.54, 1.807) is 23.0 Å². The van der Waals surface area contributed by atoms with Crippen LogP contribution in [0.15, 0.2) is 59.5 Å². The van der Waals surface area contributed by atoms with Crippen molar-refractivity contribution in [3.05, 3.63) is 87.3 Å². The number of carbonyl (C=O) groups excluding carboxylic acids is 1. The molecule has 0 radical (unpaired) electrons. The highest BCUT2D eigenvalue weighted by Crippen LogP contribution is 2.18. The molecule has 0 bridgehead atoms. The highest BCUT2D eigenvalue weighted by atomic mass is 16.2. The summed E-state index contributed by atoms with van der Waals surface area (Å²) in [6.07, 6.45) is 1.63. The SMILES string of the molecule is Cc1cc(C)cc(NC(=O)Cn2c3ncccc3c(=O)n2-c2ccc(C)c(C)c2)c1. The zero-order valence-corrected chi connectivity index (χ0v) is 17.6. The Morgan fingerprint density at radius 1 is 0.967 bits per heavy atom. The van der Waals surface area contributed by atoms with Crippen molar-refractivity contribution in [2.24, 2.45) is 0 Å². The van der Waals surface area contributed by atoms with Gasteiger partial charge in [0.05, 0.1) is 11.1 Å². The zero-order chi connectivity index (χ0) is 21.4. The number of hydrogen-bond acceptors (Lipinski definition) is 3. The molecule has 0 unspecified atom stereocenters. The number of benzene rings is 2. The van der Waals surface area contributed by atoms with Crippen LogP contribution in [0.1, 0.15) is 22.3 Å². The van der Waals surface area contributed by atoms with E-state index in [0.717, 1.165) is 27.9 Å². The number of fused-ring (bicyclic) bond motifs is 1. The highest BCUT2D eigenvalue weighted by molar-refractivity contribution is 5.91. The first kappa shape index (κ1) is 19.6. The summed E-state index contributed by atoms with van der Waals surface area (Å²) in [5, 5.41) is 3.42. The van der Waals surface area contributed by atoms with E-state index in [0.29, 0.717) is 16.7 Å². The lowest BCUT2D eigenvalue weighted by Crippen LogP contribution is -2.27. The van der Waals surface area contributed by atoms with Crippen LogP contribution in [0.3, 0.4) is 0 Å². The molecule has 0 aliphatic carbocycles. The van der Waals surface area contributed by atoms with Crippen LogP contribution in [0.25, 0.3) is 16.7 Å². The second kappa shape index (κ2) is 7.63. The second-order valence-corrected chi connectivity index (χ2v) is 7.74. The molecule has 2 aromatic carbocycles. The van der Waals surface area contributed by atoms with Crippen molar-refractivity contribution in [1.29, 1.82) is 0 Å². The highest BCUT2D eigenvalue weighted by Gasteiger charge is 2.18. The van der Waals surface area contributed by atoms with Crippen LogP contribution < -0.4 is 10.9 Å². The van der Waals surface area contributed by atoms with Crippen molar-refractivity contribution in [3.63, 3.8) is 0 Å². The largest absolute Gasteiger partial charge is 0.324 e. The molecule has 2 heterocycles. The van der Waals surface area contributed by atoms with E-state index in [1.807, 2.05) is 58.0 Å². The van der Waals surface area contributed by atoms with E-state index in [4.69, 9.17) is 0 Å². The normalized spacial score (nSPS) is 11.1. The van der Waals surface area contributed by atoms with Crippen LogP contribution in [0.2, 0.25) is 0 Å². The minimum atomic E-state index is -0.222. The Hall–Kier alpha value is -3.67. The number of aromatic nitrogens is 3. The van der Waals surface area contributed by atoms with Crippen LogP contribution in [-0.4, -0.2) is 20.3 Å². The molecule has 1 N–H and O–H groups in total. The number of pyridine rings is 1. The third kappa shape index (κ3) is 3.64. The summed E-state index contributed by atoms with van der Waals surface area (Å²) >= 11 is 0. The van der Waals surface area contributed by atoms with Gasteiger partial charge in [-0.1, -0.05) is 12.1 Å². The van der Waals surface area contributed by atoms with E-state index in [9.17, 15) is 9.59 Å². The first-order valence-electron chi connectivity index (χ1n) is 9.86. The molecule has 0 atom stereocenters. The van der Waals surface area contributed by atoms with Crippen LogP contribution in [0.5, 0.6) is 0 Å². The van der Waals surface area contributed by atoms with Crippen molar-refractivity contribution in [3.8, 4) is 5.69 Å². The average molecular weight is 400 g/mol. The average Bonchev–Trinajstić information content (AvgIpc) is 2.95. The summed E-state index contributed by atoms with van der Waals surface area (Å²) < 4.78 is 3.17. The van der Waals surface area contributed by atoms with Crippen molar-refractivity contribution in [2.75, 3.05) is 5.32 Å². The molecule has 0 aliphatic rings. The molecule has 152 valence electrons. The third-order valence-electron chi connectivity index (χ3n) is 5.23. The van der Waals surface area contributed by atoms with Crippen molar-refractivity contribution >= 4 is 22.6 Å². The van der Waals surface area contributed by atoms with E-state index in [1.165, 1.54) is 4.68 Å². The lowest BCUT2D eigenvalue weighted by Gasteiger charge is -2.14. The van der Waals surface area contributed by atoms with Gasteiger partial charge >= 0.3 is 0 Å². The summed E-state index contributed by atoms with van der Waals surface area (Å²) in [6.45, 7) is 7.97. The van der Waals surface area contributed by atoms with Crippen LogP contribution in [-0.2, 0) is 11.3 Å². The smallest absolute Gasteiger partial charge is 0.280 e. The summed E-state index contributed by atoms with van der Waals surface area (Å²) in [5.41, 5.74) is 6.10. The lowest BCUT2D eigenvalue weighted by atomic mass is 10.1. The van der Waals surface area contributed by atoms with E-state index in [2.05, 4.69) is 16.4 Å². The van der Waals surface area contributed by atoms with Crippen LogP contribution in [0.4, 0.5) is 5.69 Å². The maximum atomic E-state index is 13.1. The third-order valence-corrected chi connectivity index (χ3v) is 5.23. The molecule has 2 aromatic heterocycles. The number of amides is 1. The molecule has 4 rings (SSSR count). The molecule has 1 amide bonds. The fourth-order valence-electron chi connectivity index (χ4n) is 3.73. The van der Waals surface area contributed by atoms with Gasteiger partial charge in [0.2, 0.25) is 5.91 Å². The Bertz CT molecular complexity index is 1310. The maximum Gasteiger partial charge on any atom is 0.280 e. The lowest BCUT2D eigenvalue weighted by molar-refractivity contribution is -0.116. The van der Waals surface area contributed by atoms with Gasteiger partial charge in [-0.3, -0.25) is 14.3 Å². The number of carbonyl (C=O) groups is 1. The maximum absolute atomic E-state index is 13.1. The van der Waals surface area contributed by atoms with Crippen molar-refractivity contribution < 1.29 is 4.79 Å². The first-order valence-corrected chi connectivity index (χ1v) is 9.86. The zero-order valence-electron chi connectivity index (χ0n) is 17.6. The Labute approximate surface area is 174 Å². The van der Waals surface area contributed by atoms with Gasteiger partial charge in [-0.2, -0.15) is 0 Å². The first-order chi connectivity index (χ1) is 14.3. The molecule has 0 saturated carbocycles. The van der Waals surface area contributed by atoms with E-state index < -0.39 is 0 Å². The minimum absolute atomic E-state index is 0.0321. The molecule has 6 nitrogen and oxygen atoms in total. The quantitative estimate of drug-likeness (QED) is 0.562. The van der Waals surface area contributed by atoms with Gasteiger partial charge in [-0.05, 0) is 86.3 Å². The number of anilines is 1. The summed E-state index contributed by atoms with van der Waals surface area (Å²) in [7, 11) is 0. The number of aryl methyl sites for hydroxylation is 4. The molecule has 30 heavy (non-hydrogen) atoms. The van der Waals surface area contributed by atoms with Gasteiger partial charge in [0, 0.05) is 11.9 Å². The summed E-state index contributed by atoms with van der Waals surface area (Å²) in [5.74, 6) is -0.222. The minimum Gasteiger partial charge on any atom is -0.324 e. The monoisotopic (exact) mass is 400 g/mol. The van der Waals surface area contributed by atoms with E-state index in [-0.39, 0.29) is 18.0 Å². The fourth-order valence-corrected chi connectivity index (χ4v) is 3.73. The predicted molar refractivity (Wildman–Crippen MR) is 119 cm³/mol. The molecule has 0 aliphatic heterocycles. The molecule has 6 heteroatoms. The number of hydrogen-bond donors (Lipinski definition) is 1. The molecular weight excluding hydrogens is 376 g/mol. The number of nitrogens with one attached hydrogen (secondary N) is 1. The van der Waals surface area contributed by atoms with Gasteiger partial charge in [0.1, 0.15) is 6.54 Å². The molecule has 0 saturated heterocycles. The predicted octanol–water partition coefficient (Wildman–Crippen LogP) is 4.06. The Kier molecular flexibility index (Phi) is 4.99. The van der Waals surface area contributed by atoms with Crippen molar-refractivity contribution in [2.45, 2.75) is 34.2 Å². The number of nitrogens with zero attached hydrogens (tertiary/aromatic N) is 3. The molecule has 0 spiro atoms. The Morgan fingerprint density at radius 3 is 2.40 bits per heavy atom. The summed E-state index contributed by atoms with van der Waals surface area (Å²) in [4.78, 5) is 30.4. The second-order valence-electron chi connectivity index (χ2n) is 7.74. The fraction of sp³-hybridized carbons (Fsp3) is 0.208. The van der Waals surface area contributed by atoms with E-state index >= 15 is 0 Å². The van der Waals surface area contributed by atoms with Crippen LogP contribution in [0, 0.1) is 27.7 Å². The van der Waals surface area contributed by atoms with Gasteiger partial charge in [-0.25, -0.2) is 9.67 Å². The standard InChI is InChI=1S/C24H24N4O2/c1-15-10-16(2)12-19(11-15)26-22(29)14-27-23-21(6-5-9-25-23)24(30)28(27)20-8-7-17(3)18(4)13-20/h5-13H,14H2,1-4H3,(H,26,29). The summed E-state index contributed by atoms with van der Waals surface area (Å²) in [6, 6.07) is 15.2. The van der Waals surface area contributed by atoms with Gasteiger partial charge in [0.15, 0.2) is 5.65 Å². The molecular formula is C24H24N4O2. The van der Waals surface area contributed by atoms with Crippen LogP contribution >= 0.6 is 0 Å². The molecule has 0 fully saturated rings. The Morgan fingerprint density at radius 2 is 1.70 bits per heavy atom. The number of rotatable bonds is 4. The van der Waals surface area contributed by atoms with Gasteiger partial charge in [0.25, 0.3) is 5.56 Å². The van der Waals surface area contributed by atoms with Crippen molar-refractivity contribution in [1.82, 2.24) is 14.3 Å². The Balaban J connectivity index is 1.78. The van der Waals surface area contributed by atoms with Gasteiger partial charge < -0.3 is 5.32 Å². The topological polar surface area (TPSA) is 68.9 Å². The van der Waals surface area contributed by atoms with Gasteiger partial charge in [-0.15, -0.1) is 0 Å². The molecule has 4 aromatic rings.